The maximum absolute atomic E-state index is 4.78. The third-order valence-electron chi connectivity index (χ3n) is 3.54. The normalized spacial score (nSPS) is 14.6. The van der Waals surface area contributed by atoms with E-state index in [-0.39, 0.29) is 0 Å². The lowest BCUT2D eigenvalue weighted by molar-refractivity contribution is 0.879. The van der Waals surface area contributed by atoms with Crippen molar-refractivity contribution in [3.05, 3.63) is 58.7 Å². The molecule has 1 fully saturated rings. The van der Waals surface area contributed by atoms with Crippen molar-refractivity contribution >= 4 is 15.9 Å². The van der Waals surface area contributed by atoms with Crippen molar-refractivity contribution in [2.75, 3.05) is 0 Å². The molecule has 1 aromatic heterocycles. The zero-order chi connectivity index (χ0) is 13.2. The Morgan fingerprint density at radius 2 is 1.95 bits per heavy atom. The van der Waals surface area contributed by atoms with Gasteiger partial charge in [0, 0.05) is 29.4 Å². The summed E-state index contributed by atoms with van der Waals surface area (Å²) in [6.07, 6.45) is 5.36. The Hall–Kier alpha value is -1.22. The summed E-state index contributed by atoms with van der Waals surface area (Å²) in [5, 5.41) is 0.851. The first-order valence-electron chi connectivity index (χ1n) is 6.72. The zero-order valence-electron chi connectivity index (χ0n) is 11.1. The van der Waals surface area contributed by atoms with Crippen LogP contribution in [0.25, 0.3) is 0 Å². The standard InChI is InChI=1S/C16H17BrN2/c1-11-2-4-12(5-3-11)8-15-18-10-14(9-17)16(19-15)13-6-7-13/h2-5,10,13H,6-9H2,1H3. The van der Waals surface area contributed by atoms with Crippen molar-refractivity contribution in [2.24, 2.45) is 0 Å². The zero-order valence-corrected chi connectivity index (χ0v) is 12.7. The van der Waals surface area contributed by atoms with Gasteiger partial charge in [0.1, 0.15) is 5.82 Å². The Morgan fingerprint density at radius 3 is 2.58 bits per heavy atom. The molecular weight excluding hydrogens is 300 g/mol. The summed E-state index contributed by atoms with van der Waals surface area (Å²) in [5.41, 5.74) is 5.07. The lowest BCUT2D eigenvalue weighted by Gasteiger charge is -2.07. The average molecular weight is 317 g/mol. The van der Waals surface area contributed by atoms with Crippen LogP contribution in [0.5, 0.6) is 0 Å². The van der Waals surface area contributed by atoms with E-state index < -0.39 is 0 Å². The number of alkyl halides is 1. The van der Waals surface area contributed by atoms with E-state index in [4.69, 9.17) is 4.98 Å². The lowest BCUT2D eigenvalue weighted by Crippen LogP contribution is -2.03. The highest BCUT2D eigenvalue weighted by atomic mass is 79.9. The van der Waals surface area contributed by atoms with Gasteiger partial charge in [-0.1, -0.05) is 45.8 Å². The Balaban J connectivity index is 1.84. The second-order valence-corrected chi connectivity index (χ2v) is 5.83. The number of nitrogens with zero attached hydrogens (tertiary/aromatic N) is 2. The van der Waals surface area contributed by atoms with Crippen molar-refractivity contribution in [1.29, 1.82) is 0 Å². The fourth-order valence-corrected chi connectivity index (χ4v) is 2.68. The van der Waals surface area contributed by atoms with Crippen LogP contribution in [-0.4, -0.2) is 9.97 Å². The van der Waals surface area contributed by atoms with Crippen LogP contribution in [-0.2, 0) is 11.8 Å². The molecule has 0 atom stereocenters. The molecule has 19 heavy (non-hydrogen) atoms. The average Bonchev–Trinajstić information content (AvgIpc) is 3.26. The van der Waals surface area contributed by atoms with Gasteiger partial charge in [0.2, 0.25) is 0 Å². The van der Waals surface area contributed by atoms with Crippen molar-refractivity contribution in [3.63, 3.8) is 0 Å². The summed E-state index contributed by atoms with van der Waals surface area (Å²) >= 11 is 3.52. The smallest absolute Gasteiger partial charge is 0.132 e. The van der Waals surface area contributed by atoms with Crippen molar-refractivity contribution < 1.29 is 0 Å². The maximum Gasteiger partial charge on any atom is 0.132 e. The highest BCUT2D eigenvalue weighted by Crippen LogP contribution is 2.40. The fraction of sp³-hybridized carbons (Fsp3) is 0.375. The molecule has 1 aliphatic carbocycles. The van der Waals surface area contributed by atoms with Gasteiger partial charge >= 0.3 is 0 Å². The Kier molecular flexibility index (Phi) is 3.65. The molecule has 0 saturated heterocycles. The highest BCUT2D eigenvalue weighted by molar-refractivity contribution is 9.08. The molecule has 3 rings (SSSR count). The van der Waals surface area contributed by atoms with Crippen LogP contribution in [0.3, 0.4) is 0 Å². The van der Waals surface area contributed by atoms with Gasteiger partial charge in [-0.2, -0.15) is 0 Å². The van der Waals surface area contributed by atoms with Gasteiger partial charge in [-0.15, -0.1) is 0 Å². The van der Waals surface area contributed by atoms with Gasteiger partial charge in [-0.05, 0) is 25.3 Å². The van der Waals surface area contributed by atoms with Gasteiger partial charge < -0.3 is 0 Å². The molecule has 0 unspecified atom stereocenters. The second kappa shape index (κ2) is 5.41. The molecule has 0 spiro atoms. The van der Waals surface area contributed by atoms with Crippen LogP contribution >= 0.6 is 15.9 Å². The molecule has 0 amide bonds. The highest BCUT2D eigenvalue weighted by Gasteiger charge is 2.27. The molecule has 98 valence electrons. The molecular formula is C16H17BrN2. The molecule has 2 nitrogen and oxygen atoms in total. The van der Waals surface area contributed by atoms with Crippen molar-refractivity contribution in [1.82, 2.24) is 9.97 Å². The third-order valence-corrected chi connectivity index (χ3v) is 4.14. The molecule has 0 aliphatic heterocycles. The van der Waals surface area contributed by atoms with Gasteiger partial charge in [0.05, 0.1) is 5.69 Å². The molecule has 2 aromatic rings. The molecule has 0 N–H and O–H groups in total. The first-order chi connectivity index (χ1) is 9.26. The van der Waals surface area contributed by atoms with Gasteiger partial charge in [-0.3, -0.25) is 0 Å². The topological polar surface area (TPSA) is 25.8 Å². The fourth-order valence-electron chi connectivity index (χ4n) is 2.25. The van der Waals surface area contributed by atoms with Gasteiger partial charge in [0.15, 0.2) is 0 Å². The first kappa shape index (κ1) is 12.8. The van der Waals surface area contributed by atoms with E-state index in [1.165, 1.54) is 35.2 Å². The number of benzene rings is 1. The summed E-state index contributed by atoms with van der Waals surface area (Å²) in [6, 6.07) is 8.61. The molecule has 1 aromatic carbocycles. The number of rotatable bonds is 4. The number of aryl methyl sites for hydroxylation is 1. The SMILES string of the molecule is Cc1ccc(Cc2ncc(CBr)c(C3CC3)n2)cc1. The van der Waals surface area contributed by atoms with Crippen LogP contribution in [0.2, 0.25) is 0 Å². The quantitative estimate of drug-likeness (QED) is 0.792. The number of aromatic nitrogens is 2. The van der Waals surface area contributed by atoms with E-state index in [1.54, 1.807) is 0 Å². The summed E-state index contributed by atoms with van der Waals surface area (Å²) in [5.74, 6) is 1.61. The maximum atomic E-state index is 4.78. The van der Waals surface area contributed by atoms with E-state index in [1.807, 2.05) is 6.20 Å². The predicted molar refractivity (Wildman–Crippen MR) is 80.6 cm³/mol. The van der Waals surface area contributed by atoms with Crippen molar-refractivity contribution in [3.8, 4) is 0 Å². The minimum absolute atomic E-state index is 0.673. The van der Waals surface area contributed by atoms with E-state index in [2.05, 4.69) is 52.1 Å². The van der Waals surface area contributed by atoms with Gasteiger partial charge in [-0.25, -0.2) is 9.97 Å². The molecule has 3 heteroatoms. The van der Waals surface area contributed by atoms with Crippen LogP contribution in [0, 0.1) is 6.92 Å². The Labute approximate surface area is 122 Å². The largest absolute Gasteiger partial charge is 0.241 e. The number of hydrogen-bond acceptors (Lipinski definition) is 2. The minimum Gasteiger partial charge on any atom is -0.241 e. The van der Waals surface area contributed by atoms with E-state index >= 15 is 0 Å². The van der Waals surface area contributed by atoms with Crippen LogP contribution in [0.4, 0.5) is 0 Å². The monoisotopic (exact) mass is 316 g/mol. The summed E-state index contributed by atoms with van der Waals surface area (Å²) in [6.45, 7) is 2.11. The summed E-state index contributed by atoms with van der Waals surface area (Å²) < 4.78 is 0. The van der Waals surface area contributed by atoms with E-state index in [0.29, 0.717) is 5.92 Å². The second-order valence-electron chi connectivity index (χ2n) is 5.27. The minimum atomic E-state index is 0.673. The molecule has 1 saturated carbocycles. The van der Waals surface area contributed by atoms with Crippen LogP contribution < -0.4 is 0 Å². The Bertz CT molecular complexity index is 574. The van der Waals surface area contributed by atoms with E-state index in [0.717, 1.165) is 17.6 Å². The van der Waals surface area contributed by atoms with E-state index in [9.17, 15) is 0 Å². The molecule has 1 aliphatic rings. The summed E-state index contributed by atoms with van der Waals surface area (Å²) in [4.78, 5) is 9.28. The van der Waals surface area contributed by atoms with Crippen LogP contribution in [0.1, 0.15) is 47.0 Å². The number of hydrogen-bond donors (Lipinski definition) is 0. The van der Waals surface area contributed by atoms with Gasteiger partial charge in [0.25, 0.3) is 0 Å². The van der Waals surface area contributed by atoms with Crippen LogP contribution in [0.15, 0.2) is 30.5 Å². The number of halogens is 1. The van der Waals surface area contributed by atoms with Crippen molar-refractivity contribution in [2.45, 2.75) is 37.4 Å². The predicted octanol–water partition coefficient (Wildman–Crippen LogP) is 4.15. The molecule has 0 radical (unpaired) electrons. The first-order valence-corrected chi connectivity index (χ1v) is 7.84. The molecule has 1 heterocycles. The summed E-state index contributed by atoms with van der Waals surface area (Å²) in [7, 11) is 0. The molecule has 0 bridgehead atoms. The lowest BCUT2D eigenvalue weighted by atomic mass is 10.1. The third kappa shape index (κ3) is 3.03. The Morgan fingerprint density at radius 1 is 1.21 bits per heavy atom.